The molecule has 0 saturated heterocycles. The molecule has 2 atom stereocenters. The summed E-state index contributed by atoms with van der Waals surface area (Å²) in [5.74, 6) is 0. The van der Waals surface area contributed by atoms with Crippen LogP contribution >= 0.6 is 16.1 Å². The molecule has 2 unspecified atom stereocenters. The van der Waals surface area contributed by atoms with Crippen LogP contribution in [0.25, 0.3) is 0 Å². The molecule has 0 fully saturated rings. The van der Waals surface area contributed by atoms with Gasteiger partial charge in [0.2, 0.25) is 0 Å². The normalized spacial score (nSPS) is 12.8. The van der Waals surface area contributed by atoms with Gasteiger partial charge in [-0.05, 0) is 0 Å². The van der Waals surface area contributed by atoms with Crippen molar-refractivity contribution in [3.05, 3.63) is 12.2 Å². The zero-order valence-electron chi connectivity index (χ0n) is 5.50. The molecule has 0 amide bonds. The molecular formula is C4H2O6P2. The summed E-state index contributed by atoms with van der Waals surface area (Å²) < 4.78 is 19.7. The number of allylic oxidation sites excluding steroid dienone is 2. The quantitative estimate of drug-likeness (QED) is 0.423. The molecule has 64 valence electrons. The van der Waals surface area contributed by atoms with Crippen molar-refractivity contribution in [2.75, 3.05) is 0 Å². The first kappa shape index (κ1) is 11.2. The number of carbonyl (C=O) groups is 2. The van der Waals surface area contributed by atoms with E-state index >= 15 is 0 Å². The lowest BCUT2D eigenvalue weighted by atomic mass is 10.5. The van der Waals surface area contributed by atoms with E-state index in [1.165, 1.54) is 0 Å². The van der Waals surface area contributed by atoms with E-state index in [0.29, 0.717) is 12.2 Å². The summed E-state index contributed by atoms with van der Waals surface area (Å²) in [6, 6.07) is 0. The lowest BCUT2D eigenvalue weighted by Crippen LogP contribution is -1.99. The summed E-state index contributed by atoms with van der Waals surface area (Å²) in [6.45, 7) is 0. The zero-order chi connectivity index (χ0) is 9.72. The second kappa shape index (κ2) is 4.95. The molecule has 6 nitrogen and oxygen atoms in total. The summed E-state index contributed by atoms with van der Waals surface area (Å²) in [7, 11) is -6.57. The summed E-state index contributed by atoms with van der Waals surface area (Å²) in [4.78, 5) is 40.2. The van der Waals surface area contributed by atoms with E-state index in [1.54, 1.807) is 0 Å². The van der Waals surface area contributed by atoms with Crippen molar-refractivity contribution < 1.29 is 28.5 Å². The lowest BCUT2D eigenvalue weighted by Gasteiger charge is -1.78. The monoisotopic (exact) mass is 208 g/mol. The highest BCUT2D eigenvalue weighted by molar-refractivity contribution is 7.58. The van der Waals surface area contributed by atoms with Crippen molar-refractivity contribution in [2.24, 2.45) is 0 Å². The van der Waals surface area contributed by atoms with Crippen LogP contribution in [0.2, 0.25) is 0 Å². The zero-order valence-corrected chi connectivity index (χ0v) is 7.29. The molecule has 0 aromatic carbocycles. The number of rotatable bonds is 4. The van der Waals surface area contributed by atoms with Gasteiger partial charge in [-0.2, -0.15) is 0 Å². The minimum absolute atomic E-state index is 0.388. The first-order chi connectivity index (χ1) is 5.45. The summed E-state index contributed by atoms with van der Waals surface area (Å²) in [5, 5.41) is 0. The fourth-order valence-electron chi connectivity index (χ4n) is 0.264. The molecule has 0 saturated carbocycles. The average Bonchev–Trinajstić information content (AvgIpc) is 1.98. The Morgan fingerprint density at radius 2 is 1.17 bits per heavy atom. The third-order valence-electron chi connectivity index (χ3n) is 0.728. The molecule has 0 aromatic rings. The largest absolute Gasteiger partial charge is 0.588 e. The van der Waals surface area contributed by atoms with Gasteiger partial charge in [0.05, 0.1) is 0 Å². The molecule has 0 aliphatic rings. The Bertz CT molecular complexity index is 251. The summed E-state index contributed by atoms with van der Waals surface area (Å²) in [6.07, 6.45) is 0.776. The van der Waals surface area contributed by atoms with Crippen molar-refractivity contribution in [2.45, 2.75) is 0 Å². The standard InChI is InChI=1S/C4H2O6P2/c5-3(11(7)8)1-2-4(6)12(9)10/h1-2H/b2-1-. The van der Waals surface area contributed by atoms with Gasteiger partial charge in [-0.1, -0.05) is 9.13 Å². The fraction of sp³-hybridized carbons (Fsp3) is 0. The summed E-state index contributed by atoms with van der Waals surface area (Å²) >= 11 is 0. The van der Waals surface area contributed by atoms with Crippen LogP contribution in [0, 0.1) is 0 Å². The van der Waals surface area contributed by atoms with Crippen LogP contribution in [-0.2, 0) is 18.7 Å². The average molecular weight is 208 g/mol. The first-order valence-corrected chi connectivity index (χ1v) is 4.85. The molecule has 0 heterocycles. The van der Waals surface area contributed by atoms with Gasteiger partial charge in [-0.25, -0.2) is 9.59 Å². The molecule has 0 spiro atoms. The smallest absolute Gasteiger partial charge is 0.392 e. The third kappa shape index (κ3) is 4.16. The minimum atomic E-state index is -3.29. The van der Waals surface area contributed by atoms with E-state index in [2.05, 4.69) is 0 Å². The van der Waals surface area contributed by atoms with Crippen LogP contribution in [-0.4, -0.2) is 11.0 Å². The van der Waals surface area contributed by atoms with Crippen molar-refractivity contribution in [3.63, 3.8) is 0 Å². The second-order valence-electron chi connectivity index (χ2n) is 1.52. The topological polar surface area (TPSA) is 114 Å². The van der Waals surface area contributed by atoms with Crippen LogP contribution in [0.15, 0.2) is 12.2 Å². The molecule has 0 N–H and O–H groups in total. The molecule has 12 heavy (non-hydrogen) atoms. The maximum atomic E-state index is 10.2. The van der Waals surface area contributed by atoms with Crippen LogP contribution in [0.1, 0.15) is 0 Å². The second-order valence-corrected chi connectivity index (χ2v) is 3.43. The van der Waals surface area contributed by atoms with E-state index < -0.39 is 27.1 Å². The lowest BCUT2D eigenvalue weighted by molar-refractivity contribution is -0.168. The highest BCUT2D eigenvalue weighted by atomic mass is 31.1. The molecule has 0 aliphatic carbocycles. The number of carbonyl (C=O) groups excluding carboxylic acids is 2. The Balaban J connectivity index is 4.26. The molecule has 0 aliphatic heterocycles. The minimum Gasteiger partial charge on any atom is -0.588 e. The Morgan fingerprint density at radius 3 is 1.33 bits per heavy atom. The van der Waals surface area contributed by atoms with Gasteiger partial charge in [-0.15, -0.1) is 0 Å². The van der Waals surface area contributed by atoms with Crippen LogP contribution in [0.3, 0.4) is 0 Å². The van der Waals surface area contributed by atoms with E-state index in [9.17, 15) is 28.5 Å². The maximum Gasteiger partial charge on any atom is 0.392 e. The van der Waals surface area contributed by atoms with Gasteiger partial charge in [0, 0.05) is 12.2 Å². The predicted octanol–water partition coefficient (Wildman–Crippen LogP) is -1.20. The van der Waals surface area contributed by atoms with E-state index in [0.717, 1.165) is 0 Å². The van der Waals surface area contributed by atoms with Gasteiger partial charge in [-0.3, -0.25) is 0 Å². The molecule has 0 aromatic heterocycles. The van der Waals surface area contributed by atoms with Crippen molar-refractivity contribution >= 4 is 27.1 Å². The van der Waals surface area contributed by atoms with Crippen molar-refractivity contribution in [1.29, 1.82) is 0 Å². The predicted molar refractivity (Wildman–Crippen MR) is 34.4 cm³/mol. The summed E-state index contributed by atoms with van der Waals surface area (Å²) in [5.41, 5.74) is -2.62. The Kier molecular flexibility index (Phi) is 4.62. The fourth-order valence-corrected chi connectivity index (χ4v) is 0.657. The van der Waals surface area contributed by atoms with Crippen LogP contribution in [0.4, 0.5) is 0 Å². The highest BCUT2D eigenvalue weighted by Gasteiger charge is 2.16. The Morgan fingerprint density at radius 1 is 0.917 bits per heavy atom. The van der Waals surface area contributed by atoms with Gasteiger partial charge in [0.1, 0.15) is 0 Å². The molecule has 8 heteroatoms. The maximum absolute atomic E-state index is 10.2. The van der Waals surface area contributed by atoms with Crippen molar-refractivity contribution in [1.82, 2.24) is 0 Å². The third-order valence-corrected chi connectivity index (χ3v) is 1.75. The van der Waals surface area contributed by atoms with E-state index in [-0.39, 0.29) is 0 Å². The first-order valence-electron chi connectivity index (χ1n) is 2.50. The van der Waals surface area contributed by atoms with Gasteiger partial charge in [0.15, 0.2) is 0 Å². The van der Waals surface area contributed by atoms with E-state index in [4.69, 9.17) is 0 Å². The van der Waals surface area contributed by atoms with Gasteiger partial charge < -0.3 is 9.79 Å². The Labute approximate surface area is 68.6 Å². The molecule has 0 bridgehead atoms. The van der Waals surface area contributed by atoms with Gasteiger partial charge >= 0.3 is 27.1 Å². The van der Waals surface area contributed by atoms with Crippen LogP contribution < -0.4 is 9.79 Å². The number of hydrogen-bond donors (Lipinski definition) is 0. The SMILES string of the molecule is O=C(/C=C\C(=O)[P+](=O)[O-])[P+](=O)[O-]. The molecule has 0 radical (unpaired) electrons. The molecular weight excluding hydrogens is 206 g/mol. The van der Waals surface area contributed by atoms with Crippen LogP contribution in [0.5, 0.6) is 0 Å². The number of hydrogen-bond acceptors (Lipinski definition) is 6. The van der Waals surface area contributed by atoms with Gasteiger partial charge in [0.25, 0.3) is 0 Å². The van der Waals surface area contributed by atoms with Crippen molar-refractivity contribution in [3.8, 4) is 0 Å². The Hall–Kier alpha value is -0.800. The highest BCUT2D eigenvalue weighted by Crippen LogP contribution is 2.12. The van der Waals surface area contributed by atoms with E-state index in [1.807, 2.05) is 0 Å². The molecule has 0 rings (SSSR count).